The number of H-pyrrole nitrogens is 2. The van der Waals surface area contributed by atoms with E-state index in [4.69, 9.17) is 9.47 Å². The number of nitrogens with one attached hydrogen (secondary N) is 2. The first-order chi connectivity index (χ1) is 15.8. The molecule has 6 heteroatoms. The van der Waals surface area contributed by atoms with Crippen LogP contribution in [0, 0.1) is 0 Å². The third-order valence-electron chi connectivity index (χ3n) is 5.40. The van der Waals surface area contributed by atoms with E-state index in [2.05, 4.69) is 20.4 Å². The molecule has 2 heterocycles. The van der Waals surface area contributed by atoms with Crippen molar-refractivity contribution in [3.63, 3.8) is 0 Å². The van der Waals surface area contributed by atoms with E-state index in [1.54, 1.807) is 14.2 Å². The summed E-state index contributed by atoms with van der Waals surface area (Å²) in [5.41, 5.74) is 7.28. The number of hydrogen-bond donors (Lipinski definition) is 2. The summed E-state index contributed by atoms with van der Waals surface area (Å²) in [6.07, 6.45) is 0. The zero-order chi connectivity index (χ0) is 21.9. The standard InChI is InChI=1S/C26H22N4O2/c1-31-25-16-26(32-2)20(24-15-22(28-30-24)18-11-7-4-8-12-18)13-19(25)23-14-21(27-29-23)17-9-5-3-6-10-17/h3-16H,1-2H3,(H,27,29)(H,28,30). The summed E-state index contributed by atoms with van der Waals surface area (Å²) in [4.78, 5) is 0. The molecule has 0 fully saturated rings. The minimum Gasteiger partial charge on any atom is -0.496 e. The molecular weight excluding hydrogens is 400 g/mol. The first-order valence-electron chi connectivity index (χ1n) is 10.2. The highest BCUT2D eigenvalue weighted by molar-refractivity contribution is 5.82. The Kier molecular flexibility index (Phi) is 5.17. The van der Waals surface area contributed by atoms with Crippen molar-refractivity contribution in [3.8, 4) is 56.5 Å². The summed E-state index contributed by atoms with van der Waals surface area (Å²) >= 11 is 0. The lowest BCUT2D eigenvalue weighted by Gasteiger charge is -2.12. The van der Waals surface area contributed by atoms with Crippen LogP contribution in [0.3, 0.4) is 0 Å². The van der Waals surface area contributed by atoms with Crippen LogP contribution in [-0.4, -0.2) is 34.6 Å². The number of aromatic nitrogens is 4. The largest absolute Gasteiger partial charge is 0.496 e. The fourth-order valence-electron chi connectivity index (χ4n) is 3.75. The molecule has 0 aliphatic rings. The second-order valence-electron chi connectivity index (χ2n) is 7.32. The Labute approximate surface area is 185 Å². The fraction of sp³-hybridized carbons (Fsp3) is 0.0769. The second kappa shape index (κ2) is 8.43. The van der Waals surface area contributed by atoms with Gasteiger partial charge in [0, 0.05) is 17.2 Å². The number of ether oxygens (including phenoxy) is 2. The Morgan fingerprint density at radius 1 is 0.562 bits per heavy atom. The Hall–Kier alpha value is -4.32. The predicted octanol–water partition coefficient (Wildman–Crippen LogP) is 5.82. The van der Waals surface area contributed by atoms with E-state index in [0.717, 1.165) is 45.0 Å². The summed E-state index contributed by atoms with van der Waals surface area (Å²) in [7, 11) is 3.29. The quantitative estimate of drug-likeness (QED) is 0.362. The molecule has 32 heavy (non-hydrogen) atoms. The van der Waals surface area contributed by atoms with Crippen molar-refractivity contribution in [2.45, 2.75) is 0 Å². The highest BCUT2D eigenvalue weighted by Gasteiger charge is 2.18. The third-order valence-corrected chi connectivity index (χ3v) is 5.40. The minimum absolute atomic E-state index is 0.676. The molecule has 2 aromatic heterocycles. The van der Waals surface area contributed by atoms with Crippen molar-refractivity contribution in [1.29, 1.82) is 0 Å². The minimum atomic E-state index is 0.676. The lowest BCUT2D eigenvalue weighted by molar-refractivity contribution is 0.396. The molecule has 0 aliphatic heterocycles. The summed E-state index contributed by atoms with van der Waals surface area (Å²) < 4.78 is 11.3. The molecule has 5 aromatic rings. The van der Waals surface area contributed by atoms with Gasteiger partial charge in [0.2, 0.25) is 0 Å². The average molecular weight is 422 g/mol. The number of benzene rings is 3. The van der Waals surface area contributed by atoms with E-state index in [1.165, 1.54) is 0 Å². The maximum Gasteiger partial charge on any atom is 0.132 e. The summed E-state index contributed by atoms with van der Waals surface area (Å²) in [5.74, 6) is 1.35. The molecule has 0 radical (unpaired) electrons. The van der Waals surface area contributed by atoms with Crippen LogP contribution in [-0.2, 0) is 0 Å². The molecule has 0 saturated heterocycles. The molecular formula is C26H22N4O2. The van der Waals surface area contributed by atoms with E-state index >= 15 is 0 Å². The molecule has 0 unspecified atom stereocenters. The van der Waals surface area contributed by atoms with Crippen LogP contribution in [0.2, 0.25) is 0 Å². The molecule has 0 aliphatic carbocycles. The Bertz CT molecular complexity index is 1240. The van der Waals surface area contributed by atoms with Gasteiger partial charge in [0.1, 0.15) is 11.5 Å². The fourth-order valence-corrected chi connectivity index (χ4v) is 3.75. The lowest BCUT2D eigenvalue weighted by atomic mass is 10.0. The summed E-state index contributed by atoms with van der Waals surface area (Å²) in [6.45, 7) is 0. The third kappa shape index (κ3) is 3.63. The summed E-state index contributed by atoms with van der Waals surface area (Å²) in [6, 6.07) is 28.1. The molecule has 2 N–H and O–H groups in total. The van der Waals surface area contributed by atoms with E-state index < -0.39 is 0 Å². The SMILES string of the molecule is COc1cc(OC)c(-c2cc(-c3ccccc3)[nH]n2)cc1-c1cc(-c2ccccc2)[nH]n1. The van der Waals surface area contributed by atoms with Gasteiger partial charge in [-0.1, -0.05) is 60.7 Å². The predicted molar refractivity (Wildman–Crippen MR) is 126 cm³/mol. The lowest BCUT2D eigenvalue weighted by Crippen LogP contribution is -1.94. The van der Waals surface area contributed by atoms with Gasteiger partial charge in [-0.2, -0.15) is 10.2 Å². The summed E-state index contributed by atoms with van der Waals surface area (Å²) in [5, 5.41) is 15.3. The van der Waals surface area contributed by atoms with Crippen molar-refractivity contribution in [2.75, 3.05) is 14.2 Å². The van der Waals surface area contributed by atoms with Crippen LogP contribution < -0.4 is 9.47 Å². The van der Waals surface area contributed by atoms with Crippen LogP contribution in [0.15, 0.2) is 84.9 Å². The number of aromatic amines is 2. The van der Waals surface area contributed by atoms with Crippen LogP contribution in [0.4, 0.5) is 0 Å². The monoisotopic (exact) mass is 422 g/mol. The van der Waals surface area contributed by atoms with Crippen LogP contribution >= 0.6 is 0 Å². The van der Waals surface area contributed by atoms with Crippen molar-refractivity contribution < 1.29 is 9.47 Å². The van der Waals surface area contributed by atoms with Gasteiger partial charge in [-0.15, -0.1) is 0 Å². The van der Waals surface area contributed by atoms with Crippen molar-refractivity contribution in [3.05, 3.63) is 84.9 Å². The molecule has 158 valence electrons. The molecule has 6 nitrogen and oxygen atoms in total. The molecule has 0 bridgehead atoms. The van der Waals surface area contributed by atoms with Gasteiger partial charge >= 0.3 is 0 Å². The Morgan fingerprint density at radius 3 is 1.41 bits per heavy atom. The van der Waals surface area contributed by atoms with Gasteiger partial charge in [-0.3, -0.25) is 10.2 Å². The van der Waals surface area contributed by atoms with E-state index in [-0.39, 0.29) is 0 Å². The van der Waals surface area contributed by atoms with Crippen LogP contribution in [0.5, 0.6) is 11.5 Å². The molecule has 5 rings (SSSR count). The van der Waals surface area contributed by atoms with Gasteiger partial charge in [-0.05, 0) is 29.3 Å². The van der Waals surface area contributed by atoms with Crippen molar-refractivity contribution >= 4 is 0 Å². The van der Waals surface area contributed by atoms with E-state index in [1.807, 2.05) is 84.9 Å². The smallest absolute Gasteiger partial charge is 0.132 e. The van der Waals surface area contributed by atoms with Gasteiger partial charge < -0.3 is 9.47 Å². The van der Waals surface area contributed by atoms with Crippen molar-refractivity contribution in [2.24, 2.45) is 0 Å². The van der Waals surface area contributed by atoms with Gasteiger partial charge in [0.15, 0.2) is 0 Å². The van der Waals surface area contributed by atoms with Gasteiger partial charge in [-0.25, -0.2) is 0 Å². The number of rotatable bonds is 6. The first-order valence-corrected chi connectivity index (χ1v) is 10.2. The van der Waals surface area contributed by atoms with Crippen LogP contribution in [0.1, 0.15) is 0 Å². The highest BCUT2D eigenvalue weighted by atomic mass is 16.5. The number of methoxy groups -OCH3 is 2. The zero-order valence-corrected chi connectivity index (χ0v) is 17.8. The molecule has 0 atom stereocenters. The van der Waals surface area contributed by atoms with E-state index in [0.29, 0.717) is 11.5 Å². The first kappa shape index (κ1) is 19.6. The molecule has 0 amide bonds. The van der Waals surface area contributed by atoms with Gasteiger partial charge in [0.25, 0.3) is 0 Å². The maximum absolute atomic E-state index is 5.66. The normalized spacial score (nSPS) is 10.8. The Balaban J connectivity index is 1.59. The number of hydrogen-bond acceptors (Lipinski definition) is 4. The van der Waals surface area contributed by atoms with Crippen molar-refractivity contribution in [1.82, 2.24) is 20.4 Å². The topological polar surface area (TPSA) is 75.8 Å². The maximum atomic E-state index is 5.66. The molecule has 0 saturated carbocycles. The van der Waals surface area contributed by atoms with Crippen LogP contribution in [0.25, 0.3) is 45.0 Å². The second-order valence-corrected chi connectivity index (χ2v) is 7.32. The zero-order valence-electron chi connectivity index (χ0n) is 17.8. The average Bonchev–Trinajstić information content (AvgIpc) is 3.55. The highest BCUT2D eigenvalue weighted by Crippen LogP contribution is 2.41. The number of nitrogens with zero attached hydrogens (tertiary/aromatic N) is 2. The molecule has 0 spiro atoms. The van der Waals surface area contributed by atoms with E-state index in [9.17, 15) is 0 Å². The molecule has 3 aromatic carbocycles. The Morgan fingerprint density at radius 2 is 1.00 bits per heavy atom. The van der Waals surface area contributed by atoms with Gasteiger partial charge in [0.05, 0.1) is 37.0 Å².